The number of hydrogen-bond acceptors (Lipinski definition) is 3. The number of ether oxygens (including phenoxy) is 1. The van der Waals surface area contributed by atoms with E-state index in [0.717, 1.165) is 0 Å². The number of hydrogen-bond donors (Lipinski definition) is 2. The minimum absolute atomic E-state index is 0. The van der Waals surface area contributed by atoms with Crippen molar-refractivity contribution in [3.8, 4) is 0 Å². The fourth-order valence-electron chi connectivity index (χ4n) is 0.488. The monoisotopic (exact) mass is 178 g/mol. The van der Waals surface area contributed by atoms with Gasteiger partial charge in [0, 0.05) is 59.1 Å². The van der Waals surface area contributed by atoms with Gasteiger partial charge in [-0.3, -0.25) is 0 Å². The molecule has 0 spiro atoms. The van der Waals surface area contributed by atoms with Gasteiger partial charge in [-0.15, -0.1) is 0 Å². The molecule has 0 bridgehead atoms. The second-order valence-corrected chi connectivity index (χ2v) is 1.65. The van der Waals surface area contributed by atoms with Crippen LogP contribution in [0.5, 0.6) is 0 Å². The van der Waals surface area contributed by atoms with Crippen molar-refractivity contribution in [2.45, 2.75) is 12.2 Å². The van der Waals surface area contributed by atoms with E-state index in [1.807, 2.05) is 0 Å². The molecule has 0 aromatic carbocycles. The summed E-state index contributed by atoms with van der Waals surface area (Å²) in [6, 6.07) is 0. The maximum atomic E-state index is 9.89. The number of carboxylic acid groups (broad SMARTS) is 2. The molecule has 1 fully saturated rings. The second kappa shape index (κ2) is 5.53. The first-order valence-corrected chi connectivity index (χ1v) is 2.24. The van der Waals surface area contributed by atoms with Gasteiger partial charge in [0.25, 0.3) is 0 Å². The van der Waals surface area contributed by atoms with E-state index < -0.39 is 24.1 Å². The third kappa shape index (κ3) is 3.89. The van der Waals surface area contributed by atoms with Gasteiger partial charge in [0.2, 0.25) is 0 Å². The Kier molecular flexibility index (Phi) is 7.25. The second-order valence-electron chi connectivity index (χ2n) is 1.65. The van der Waals surface area contributed by atoms with Gasteiger partial charge in [0.05, 0.1) is 0 Å². The predicted molar refractivity (Wildman–Crippen MR) is 35.4 cm³/mol. The fraction of sp³-hybridized carbons (Fsp3) is 0.500. The number of epoxide rings is 1. The third-order valence-electron chi connectivity index (χ3n) is 0.978. The SMILES string of the molecule is O=C(O)C1OC1C(=O)O.[Na].[Na]. The Labute approximate surface area is 107 Å². The predicted octanol–water partition coefficient (Wildman–Crippen LogP) is -1.84. The molecule has 1 aliphatic heterocycles. The number of rotatable bonds is 2. The molecular formula is C4H4Na2O5. The van der Waals surface area contributed by atoms with Crippen LogP contribution in [0.4, 0.5) is 0 Å². The Morgan fingerprint density at radius 3 is 1.36 bits per heavy atom. The zero-order chi connectivity index (χ0) is 7.02. The Morgan fingerprint density at radius 2 is 1.27 bits per heavy atom. The van der Waals surface area contributed by atoms with Crippen molar-refractivity contribution in [1.82, 2.24) is 0 Å². The van der Waals surface area contributed by atoms with Crippen LogP contribution in [-0.2, 0) is 14.3 Å². The maximum absolute atomic E-state index is 9.89. The van der Waals surface area contributed by atoms with Gasteiger partial charge in [-0.1, -0.05) is 0 Å². The van der Waals surface area contributed by atoms with Crippen LogP contribution in [0, 0.1) is 0 Å². The van der Waals surface area contributed by atoms with Crippen LogP contribution < -0.4 is 0 Å². The molecule has 1 saturated heterocycles. The van der Waals surface area contributed by atoms with Gasteiger partial charge >= 0.3 is 11.9 Å². The van der Waals surface area contributed by atoms with Crippen molar-refractivity contribution in [3.63, 3.8) is 0 Å². The summed E-state index contributed by atoms with van der Waals surface area (Å²) in [5.41, 5.74) is 0. The average molecular weight is 178 g/mol. The Bertz CT molecular complexity index is 152. The summed E-state index contributed by atoms with van der Waals surface area (Å²) in [6.45, 7) is 0. The van der Waals surface area contributed by atoms with Gasteiger partial charge in [-0.25, -0.2) is 9.59 Å². The zero-order valence-electron chi connectivity index (χ0n) is 6.27. The molecule has 2 radical (unpaired) electrons. The molecule has 0 aliphatic carbocycles. The minimum Gasteiger partial charge on any atom is -0.479 e. The molecule has 1 heterocycles. The number of carboxylic acids is 2. The molecule has 1 rings (SSSR count). The molecule has 0 aromatic heterocycles. The summed E-state index contributed by atoms with van der Waals surface area (Å²) in [4.78, 5) is 19.8. The van der Waals surface area contributed by atoms with Crippen LogP contribution in [0.15, 0.2) is 0 Å². The van der Waals surface area contributed by atoms with E-state index in [-0.39, 0.29) is 59.1 Å². The van der Waals surface area contributed by atoms with E-state index in [1.165, 1.54) is 0 Å². The van der Waals surface area contributed by atoms with E-state index in [9.17, 15) is 9.59 Å². The van der Waals surface area contributed by atoms with Crippen molar-refractivity contribution in [3.05, 3.63) is 0 Å². The van der Waals surface area contributed by atoms with Crippen LogP contribution in [-0.4, -0.2) is 93.5 Å². The number of aliphatic carboxylic acids is 2. The molecule has 0 amide bonds. The van der Waals surface area contributed by atoms with E-state index in [1.54, 1.807) is 0 Å². The molecule has 2 unspecified atom stereocenters. The third-order valence-corrected chi connectivity index (χ3v) is 0.978. The standard InChI is InChI=1S/C4H4O5.2Na/c5-3(6)1-2(9-1)4(7)8;;/h1-2H,(H,5,6)(H,7,8);;. The van der Waals surface area contributed by atoms with Crippen molar-refractivity contribution in [2.24, 2.45) is 0 Å². The molecule has 2 atom stereocenters. The first kappa shape index (κ1) is 14.4. The first-order chi connectivity index (χ1) is 4.13. The molecular weight excluding hydrogens is 174 g/mol. The van der Waals surface area contributed by atoms with Gasteiger partial charge in [0.1, 0.15) is 0 Å². The molecule has 11 heavy (non-hydrogen) atoms. The van der Waals surface area contributed by atoms with Crippen LogP contribution in [0.1, 0.15) is 0 Å². The molecule has 5 nitrogen and oxygen atoms in total. The van der Waals surface area contributed by atoms with E-state index in [4.69, 9.17) is 10.2 Å². The van der Waals surface area contributed by atoms with Gasteiger partial charge in [-0.05, 0) is 0 Å². The summed E-state index contributed by atoms with van der Waals surface area (Å²) in [5.74, 6) is -2.44. The zero-order valence-corrected chi connectivity index (χ0v) is 10.3. The maximum Gasteiger partial charge on any atom is 0.336 e. The van der Waals surface area contributed by atoms with E-state index >= 15 is 0 Å². The van der Waals surface area contributed by atoms with Crippen LogP contribution in [0.2, 0.25) is 0 Å². The Balaban J connectivity index is 0. The molecule has 2 N–H and O–H groups in total. The molecule has 7 heteroatoms. The van der Waals surface area contributed by atoms with Crippen molar-refractivity contribution < 1.29 is 24.5 Å². The summed E-state index contributed by atoms with van der Waals surface area (Å²) in [6.07, 6.45) is -2.25. The van der Waals surface area contributed by atoms with E-state index in [0.29, 0.717) is 0 Å². The summed E-state index contributed by atoms with van der Waals surface area (Å²) in [5, 5.41) is 16.2. The number of carbonyl (C=O) groups is 2. The van der Waals surface area contributed by atoms with Crippen molar-refractivity contribution in [1.29, 1.82) is 0 Å². The summed E-state index contributed by atoms with van der Waals surface area (Å²) >= 11 is 0. The van der Waals surface area contributed by atoms with Crippen LogP contribution >= 0.6 is 0 Å². The van der Waals surface area contributed by atoms with Crippen LogP contribution in [0.25, 0.3) is 0 Å². The average Bonchev–Trinajstić information content (AvgIpc) is 2.39. The molecule has 0 saturated carbocycles. The van der Waals surface area contributed by atoms with Gasteiger partial charge in [0.15, 0.2) is 12.2 Å². The topological polar surface area (TPSA) is 87.1 Å². The normalized spacial score (nSPS) is 25.8. The Hall–Kier alpha value is 0.900. The summed E-state index contributed by atoms with van der Waals surface area (Å²) < 4.78 is 4.24. The summed E-state index contributed by atoms with van der Waals surface area (Å²) in [7, 11) is 0. The van der Waals surface area contributed by atoms with Gasteiger partial charge < -0.3 is 14.9 Å². The molecule has 52 valence electrons. The largest absolute Gasteiger partial charge is 0.479 e. The Morgan fingerprint density at radius 1 is 1.00 bits per heavy atom. The fourth-order valence-corrected chi connectivity index (χ4v) is 0.488. The molecule has 0 aromatic rings. The van der Waals surface area contributed by atoms with Crippen molar-refractivity contribution in [2.75, 3.05) is 0 Å². The minimum atomic E-state index is -1.22. The van der Waals surface area contributed by atoms with Gasteiger partial charge in [-0.2, -0.15) is 0 Å². The van der Waals surface area contributed by atoms with Crippen molar-refractivity contribution >= 4 is 71.1 Å². The quantitative estimate of drug-likeness (QED) is 0.383. The van der Waals surface area contributed by atoms with E-state index in [2.05, 4.69) is 4.74 Å². The molecule has 1 aliphatic rings. The smallest absolute Gasteiger partial charge is 0.336 e. The first-order valence-electron chi connectivity index (χ1n) is 2.24. The van der Waals surface area contributed by atoms with Crippen LogP contribution in [0.3, 0.4) is 0 Å².